The lowest BCUT2D eigenvalue weighted by Gasteiger charge is -2.09. The summed E-state index contributed by atoms with van der Waals surface area (Å²) in [5.74, 6) is 1.06. The molecule has 0 amide bonds. The molecule has 1 aliphatic carbocycles. The molecule has 2 aromatic carbocycles. The molecule has 0 fully saturated rings. The average molecular weight is 330 g/mol. The number of para-hydroxylation sites is 1. The molecule has 0 unspecified atom stereocenters. The minimum atomic E-state index is -0.232. The summed E-state index contributed by atoms with van der Waals surface area (Å²) < 4.78 is 11.4. The number of aryl methyl sites for hydroxylation is 1. The van der Waals surface area contributed by atoms with Crippen LogP contribution in [-0.2, 0) is 12.8 Å². The lowest BCUT2D eigenvalue weighted by atomic mass is 10.1. The number of nitrogens with zero attached hydrogens (tertiary/aromatic N) is 2. The van der Waals surface area contributed by atoms with E-state index in [1.165, 1.54) is 6.33 Å². The second-order valence-corrected chi connectivity index (χ2v) is 6.16. The van der Waals surface area contributed by atoms with E-state index < -0.39 is 0 Å². The van der Waals surface area contributed by atoms with E-state index in [0.717, 1.165) is 46.7 Å². The van der Waals surface area contributed by atoms with Crippen molar-refractivity contribution in [2.75, 3.05) is 0 Å². The van der Waals surface area contributed by atoms with Crippen molar-refractivity contribution in [3.05, 3.63) is 70.3 Å². The molecule has 2 aromatic heterocycles. The molecule has 0 atom stereocenters. The first-order valence-electron chi connectivity index (χ1n) is 8.26. The van der Waals surface area contributed by atoms with E-state index in [1.807, 2.05) is 36.4 Å². The zero-order valence-electron chi connectivity index (χ0n) is 13.4. The molecule has 0 saturated heterocycles. The van der Waals surface area contributed by atoms with E-state index in [0.29, 0.717) is 17.2 Å². The maximum absolute atomic E-state index is 12.1. The number of fused-ring (bicyclic) bond motifs is 4. The fraction of sp³-hybridized carbons (Fsp3) is 0.150. The highest BCUT2D eigenvalue weighted by atomic mass is 16.5. The quantitative estimate of drug-likeness (QED) is 0.519. The number of hydrogen-bond acceptors (Lipinski definition) is 5. The van der Waals surface area contributed by atoms with Crippen LogP contribution in [0.15, 0.2) is 58.0 Å². The van der Waals surface area contributed by atoms with Crippen LogP contribution in [0.3, 0.4) is 0 Å². The van der Waals surface area contributed by atoms with Gasteiger partial charge in [-0.15, -0.1) is 0 Å². The zero-order chi connectivity index (χ0) is 16.8. The SMILES string of the molecule is O=c1oc2cc(Oc3ncnc4ccccc34)ccc2c2c1CCC2. The molecule has 5 nitrogen and oxygen atoms in total. The summed E-state index contributed by atoms with van der Waals surface area (Å²) in [6.07, 6.45) is 4.21. The third kappa shape index (κ3) is 2.28. The molecule has 25 heavy (non-hydrogen) atoms. The Morgan fingerprint density at radius 1 is 0.960 bits per heavy atom. The van der Waals surface area contributed by atoms with E-state index in [2.05, 4.69) is 9.97 Å². The van der Waals surface area contributed by atoms with Crippen molar-refractivity contribution in [2.45, 2.75) is 19.3 Å². The Hall–Kier alpha value is -3.21. The second-order valence-electron chi connectivity index (χ2n) is 6.16. The van der Waals surface area contributed by atoms with Gasteiger partial charge in [0.1, 0.15) is 17.7 Å². The van der Waals surface area contributed by atoms with Crippen LogP contribution in [0.25, 0.3) is 21.9 Å². The number of benzene rings is 2. The van der Waals surface area contributed by atoms with Crippen molar-refractivity contribution in [1.29, 1.82) is 0 Å². The van der Waals surface area contributed by atoms with Crippen LogP contribution in [0.4, 0.5) is 0 Å². The van der Waals surface area contributed by atoms with E-state index in [4.69, 9.17) is 9.15 Å². The van der Waals surface area contributed by atoms with Gasteiger partial charge in [-0.2, -0.15) is 0 Å². The van der Waals surface area contributed by atoms with E-state index in [-0.39, 0.29) is 5.63 Å². The summed E-state index contributed by atoms with van der Waals surface area (Å²) in [5.41, 5.74) is 3.08. The normalized spacial score (nSPS) is 13.3. The Kier molecular flexibility index (Phi) is 3.06. The zero-order valence-corrected chi connectivity index (χ0v) is 13.4. The number of rotatable bonds is 2. The summed E-state index contributed by atoms with van der Waals surface area (Å²) in [5, 5.41) is 1.83. The lowest BCUT2D eigenvalue weighted by Crippen LogP contribution is -2.06. The lowest BCUT2D eigenvalue weighted by molar-refractivity contribution is 0.466. The predicted octanol–water partition coefficient (Wildman–Crippen LogP) is 4.02. The van der Waals surface area contributed by atoms with Crippen LogP contribution in [0.1, 0.15) is 17.5 Å². The van der Waals surface area contributed by atoms with Crippen LogP contribution in [0, 0.1) is 0 Å². The maximum Gasteiger partial charge on any atom is 0.339 e. The molecule has 0 bridgehead atoms. The van der Waals surface area contributed by atoms with Gasteiger partial charge in [-0.25, -0.2) is 14.8 Å². The van der Waals surface area contributed by atoms with E-state index in [1.54, 1.807) is 6.07 Å². The van der Waals surface area contributed by atoms with Crippen molar-refractivity contribution < 1.29 is 9.15 Å². The molecule has 0 N–H and O–H groups in total. The Balaban J connectivity index is 1.62. The van der Waals surface area contributed by atoms with Gasteiger partial charge in [0.2, 0.25) is 5.88 Å². The van der Waals surface area contributed by atoms with Gasteiger partial charge in [-0.3, -0.25) is 0 Å². The van der Waals surface area contributed by atoms with Crippen molar-refractivity contribution in [3.8, 4) is 11.6 Å². The highest BCUT2D eigenvalue weighted by molar-refractivity contribution is 5.85. The Morgan fingerprint density at radius 3 is 2.80 bits per heavy atom. The summed E-state index contributed by atoms with van der Waals surface area (Å²) >= 11 is 0. The molecule has 5 rings (SSSR count). The maximum atomic E-state index is 12.1. The molecule has 1 aliphatic rings. The molecular weight excluding hydrogens is 316 g/mol. The topological polar surface area (TPSA) is 65.2 Å². The fourth-order valence-corrected chi connectivity index (χ4v) is 3.50. The average Bonchev–Trinajstić information content (AvgIpc) is 3.13. The first kappa shape index (κ1) is 14.2. The summed E-state index contributed by atoms with van der Waals surface area (Å²) in [7, 11) is 0. The molecule has 0 aliphatic heterocycles. The van der Waals surface area contributed by atoms with Crippen LogP contribution in [0.2, 0.25) is 0 Å². The number of ether oxygens (including phenoxy) is 1. The first-order chi connectivity index (χ1) is 12.3. The van der Waals surface area contributed by atoms with Gasteiger partial charge < -0.3 is 9.15 Å². The van der Waals surface area contributed by atoms with Gasteiger partial charge >= 0.3 is 5.63 Å². The summed E-state index contributed by atoms with van der Waals surface area (Å²) in [6, 6.07) is 13.3. The van der Waals surface area contributed by atoms with Gasteiger partial charge in [-0.1, -0.05) is 12.1 Å². The fourth-order valence-electron chi connectivity index (χ4n) is 3.50. The highest BCUT2D eigenvalue weighted by Crippen LogP contribution is 2.32. The summed E-state index contributed by atoms with van der Waals surface area (Å²) in [4.78, 5) is 20.6. The van der Waals surface area contributed by atoms with Crippen LogP contribution in [-0.4, -0.2) is 9.97 Å². The standard InChI is InChI=1S/C20H14N2O3/c23-20-15-6-3-5-13(15)14-9-8-12(10-18(14)25-20)24-19-16-4-1-2-7-17(16)21-11-22-19/h1-2,4,7-11H,3,5-6H2. The van der Waals surface area contributed by atoms with Gasteiger partial charge in [0.05, 0.1) is 10.9 Å². The van der Waals surface area contributed by atoms with Crippen LogP contribution >= 0.6 is 0 Å². The van der Waals surface area contributed by atoms with Gasteiger partial charge in [0, 0.05) is 17.0 Å². The van der Waals surface area contributed by atoms with Gasteiger partial charge in [-0.05, 0) is 49.1 Å². The van der Waals surface area contributed by atoms with E-state index >= 15 is 0 Å². The number of hydrogen-bond donors (Lipinski definition) is 0. The van der Waals surface area contributed by atoms with Crippen LogP contribution in [0.5, 0.6) is 11.6 Å². The third-order valence-electron chi connectivity index (χ3n) is 4.67. The Labute approximate surface area is 142 Å². The third-order valence-corrected chi connectivity index (χ3v) is 4.67. The molecule has 2 heterocycles. The van der Waals surface area contributed by atoms with Gasteiger partial charge in [0.15, 0.2) is 0 Å². The Bertz CT molecular complexity index is 1180. The van der Waals surface area contributed by atoms with Crippen molar-refractivity contribution >= 4 is 21.9 Å². The van der Waals surface area contributed by atoms with E-state index in [9.17, 15) is 4.79 Å². The largest absolute Gasteiger partial charge is 0.438 e. The van der Waals surface area contributed by atoms with Gasteiger partial charge in [0.25, 0.3) is 0 Å². The first-order valence-corrected chi connectivity index (χ1v) is 8.26. The monoisotopic (exact) mass is 330 g/mol. The highest BCUT2D eigenvalue weighted by Gasteiger charge is 2.19. The molecule has 0 radical (unpaired) electrons. The molecule has 4 aromatic rings. The van der Waals surface area contributed by atoms with Crippen LogP contribution < -0.4 is 10.4 Å². The smallest absolute Gasteiger partial charge is 0.339 e. The minimum Gasteiger partial charge on any atom is -0.438 e. The molecule has 0 spiro atoms. The Morgan fingerprint density at radius 2 is 1.84 bits per heavy atom. The molecular formula is C20H14N2O3. The minimum absolute atomic E-state index is 0.232. The molecule has 5 heteroatoms. The van der Waals surface area contributed by atoms with Crippen molar-refractivity contribution in [2.24, 2.45) is 0 Å². The molecule has 0 saturated carbocycles. The predicted molar refractivity (Wildman–Crippen MR) is 94.1 cm³/mol. The summed E-state index contributed by atoms with van der Waals surface area (Å²) in [6.45, 7) is 0. The molecule has 122 valence electrons. The second kappa shape index (κ2) is 5.41. The number of aromatic nitrogens is 2. The van der Waals surface area contributed by atoms with Crippen molar-refractivity contribution in [1.82, 2.24) is 9.97 Å². The van der Waals surface area contributed by atoms with Crippen molar-refractivity contribution in [3.63, 3.8) is 0 Å².